The summed E-state index contributed by atoms with van der Waals surface area (Å²) in [7, 11) is 1.91. The lowest BCUT2D eigenvalue weighted by molar-refractivity contribution is -0.00697. The van der Waals surface area contributed by atoms with Crippen LogP contribution in [0.2, 0.25) is 0 Å². The van der Waals surface area contributed by atoms with Gasteiger partial charge in [-0.3, -0.25) is 9.89 Å². The Morgan fingerprint density at radius 3 is 3.09 bits per heavy atom. The molecule has 0 fully saturated rings. The van der Waals surface area contributed by atoms with Gasteiger partial charge in [-0.2, -0.15) is 5.10 Å². The molecule has 0 aliphatic carbocycles. The Hall–Kier alpha value is -2.22. The topological polar surface area (TPSA) is 97.7 Å². The monoisotopic (exact) mass is 318 g/mol. The Morgan fingerprint density at radius 2 is 2.35 bits per heavy atom. The number of H-pyrrole nitrogens is 1. The number of nitrogens with zero attached hydrogens (tertiary/aromatic N) is 4. The molecule has 1 aliphatic heterocycles. The van der Waals surface area contributed by atoms with Crippen molar-refractivity contribution in [1.29, 1.82) is 0 Å². The third-order valence-electron chi connectivity index (χ3n) is 4.12. The van der Waals surface area contributed by atoms with Gasteiger partial charge in [0.25, 0.3) is 5.91 Å². The number of aromatic nitrogens is 5. The highest BCUT2D eigenvalue weighted by molar-refractivity contribution is 5.94. The van der Waals surface area contributed by atoms with Crippen molar-refractivity contribution in [2.45, 2.75) is 45.3 Å². The molecular weight excluding hydrogens is 296 g/mol. The smallest absolute Gasteiger partial charge is 0.272 e. The van der Waals surface area contributed by atoms with E-state index in [1.54, 1.807) is 6.33 Å². The maximum absolute atomic E-state index is 12.4. The van der Waals surface area contributed by atoms with E-state index >= 15 is 0 Å². The van der Waals surface area contributed by atoms with E-state index in [2.05, 4.69) is 25.7 Å². The number of rotatable bonds is 5. The number of hydrogen-bond acceptors (Lipinski definition) is 5. The van der Waals surface area contributed by atoms with Gasteiger partial charge in [-0.25, -0.2) is 0 Å². The summed E-state index contributed by atoms with van der Waals surface area (Å²) in [5.41, 5.74) is 2.37. The molecule has 0 saturated carbocycles. The normalized spacial score (nSPS) is 20.3. The molecule has 124 valence electrons. The molecule has 23 heavy (non-hydrogen) atoms. The number of hydrogen-bond donors (Lipinski definition) is 2. The van der Waals surface area contributed by atoms with Gasteiger partial charge in [0.15, 0.2) is 5.69 Å². The number of aromatic amines is 1. The van der Waals surface area contributed by atoms with Gasteiger partial charge >= 0.3 is 0 Å². The molecule has 0 spiro atoms. The maximum atomic E-state index is 12.4. The van der Waals surface area contributed by atoms with Crippen LogP contribution in [0.1, 0.15) is 53.9 Å². The fraction of sp³-hybridized carbons (Fsp3) is 0.600. The Labute approximate surface area is 134 Å². The predicted molar refractivity (Wildman–Crippen MR) is 82.9 cm³/mol. The van der Waals surface area contributed by atoms with Gasteiger partial charge in [0.05, 0.1) is 17.9 Å². The number of aryl methyl sites for hydroxylation is 2. The van der Waals surface area contributed by atoms with Crippen LogP contribution in [-0.4, -0.2) is 43.5 Å². The molecule has 8 nitrogen and oxygen atoms in total. The third kappa shape index (κ3) is 3.26. The van der Waals surface area contributed by atoms with Crippen molar-refractivity contribution in [1.82, 2.24) is 30.3 Å². The Bertz CT molecular complexity index is 692. The summed E-state index contributed by atoms with van der Waals surface area (Å²) in [4.78, 5) is 12.4. The SMILES string of the molecule is C[C@@H]1Cc2c(C(=O)NCCCc3nncn3C)n[nH]c2[C@H](C)O1. The first-order chi connectivity index (χ1) is 11.1. The minimum Gasteiger partial charge on any atom is -0.369 e. The van der Waals surface area contributed by atoms with E-state index in [0.717, 1.165) is 29.9 Å². The first-order valence-corrected chi connectivity index (χ1v) is 7.90. The fourth-order valence-corrected chi connectivity index (χ4v) is 2.93. The van der Waals surface area contributed by atoms with Crippen molar-refractivity contribution in [3.8, 4) is 0 Å². The minimum absolute atomic E-state index is 0.0567. The Morgan fingerprint density at radius 1 is 1.52 bits per heavy atom. The van der Waals surface area contributed by atoms with Crippen LogP contribution in [0.4, 0.5) is 0 Å². The molecule has 3 rings (SSSR count). The molecule has 1 amide bonds. The van der Waals surface area contributed by atoms with Crippen molar-refractivity contribution in [2.75, 3.05) is 6.54 Å². The summed E-state index contributed by atoms with van der Waals surface area (Å²) < 4.78 is 7.62. The quantitative estimate of drug-likeness (QED) is 0.799. The lowest BCUT2D eigenvalue weighted by Gasteiger charge is -2.25. The highest BCUT2D eigenvalue weighted by Gasteiger charge is 2.29. The molecule has 3 heterocycles. The van der Waals surface area contributed by atoms with Crippen LogP contribution in [0.15, 0.2) is 6.33 Å². The number of nitrogens with one attached hydrogen (secondary N) is 2. The molecule has 2 aromatic heterocycles. The molecule has 2 aromatic rings. The van der Waals surface area contributed by atoms with E-state index in [0.29, 0.717) is 18.7 Å². The number of fused-ring (bicyclic) bond motifs is 1. The third-order valence-corrected chi connectivity index (χ3v) is 4.12. The molecule has 0 saturated heterocycles. The largest absolute Gasteiger partial charge is 0.369 e. The zero-order chi connectivity index (χ0) is 16.4. The van der Waals surface area contributed by atoms with Crippen molar-refractivity contribution >= 4 is 5.91 Å². The number of carbonyl (C=O) groups excluding carboxylic acids is 1. The van der Waals surface area contributed by atoms with Crippen LogP contribution in [0.25, 0.3) is 0 Å². The first-order valence-electron chi connectivity index (χ1n) is 7.90. The van der Waals surface area contributed by atoms with Gasteiger partial charge in [0.2, 0.25) is 0 Å². The lowest BCUT2D eigenvalue weighted by atomic mass is 9.99. The zero-order valence-corrected chi connectivity index (χ0v) is 13.7. The van der Waals surface area contributed by atoms with Gasteiger partial charge in [-0.15, -0.1) is 10.2 Å². The van der Waals surface area contributed by atoms with Gasteiger partial charge in [0, 0.05) is 32.0 Å². The van der Waals surface area contributed by atoms with Gasteiger partial charge in [-0.05, 0) is 20.3 Å². The highest BCUT2D eigenvalue weighted by atomic mass is 16.5. The summed E-state index contributed by atoms with van der Waals surface area (Å²) >= 11 is 0. The van der Waals surface area contributed by atoms with Crippen molar-refractivity contribution in [2.24, 2.45) is 7.05 Å². The lowest BCUT2D eigenvalue weighted by Crippen LogP contribution is -2.28. The van der Waals surface area contributed by atoms with Crippen LogP contribution < -0.4 is 5.32 Å². The summed E-state index contributed by atoms with van der Waals surface area (Å²) in [5, 5.41) is 17.9. The summed E-state index contributed by atoms with van der Waals surface area (Å²) in [6, 6.07) is 0. The van der Waals surface area contributed by atoms with Crippen LogP contribution >= 0.6 is 0 Å². The van der Waals surface area contributed by atoms with E-state index in [9.17, 15) is 4.79 Å². The van der Waals surface area contributed by atoms with E-state index in [1.807, 2.05) is 25.5 Å². The second-order valence-electron chi connectivity index (χ2n) is 5.98. The standard InChI is InChI=1S/C15H22N6O2/c1-9-7-11-13(10(2)23-9)19-20-14(11)15(22)16-6-4-5-12-18-17-8-21(12)3/h8-10H,4-7H2,1-3H3,(H,16,22)(H,19,20)/t9-,10+/m1/s1. The highest BCUT2D eigenvalue weighted by Crippen LogP contribution is 2.29. The molecule has 1 aliphatic rings. The average Bonchev–Trinajstić information content (AvgIpc) is 3.10. The summed E-state index contributed by atoms with van der Waals surface area (Å²) in [6.45, 7) is 4.55. The fourth-order valence-electron chi connectivity index (χ4n) is 2.93. The summed E-state index contributed by atoms with van der Waals surface area (Å²) in [6.07, 6.45) is 4.00. The molecular formula is C15H22N6O2. The van der Waals surface area contributed by atoms with E-state index < -0.39 is 0 Å². The average molecular weight is 318 g/mol. The van der Waals surface area contributed by atoms with Crippen molar-refractivity contribution < 1.29 is 9.53 Å². The van der Waals surface area contributed by atoms with E-state index in [-0.39, 0.29) is 18.1 Å². The maximum Gasteiger partial charge on any atom is 0.272 e. The molecule has 0 unspecified atom stereocenters. The number of amides is 1. The van der Waals surface area contributed by atoms with Crippen LogP contribution in [-0.2, 0) is 24.6 Å². The predicted octanol–water partition coefficient (Wildman–Crippen LogP) is 0.923. The van der Waals surface area contributed by atoms with Crippen molar-refractivity contribution in [3.05, 3.63) is 29.1 Å². The van der Waals surface area contributed by atoms with Gasteiger partial charge < -0.3 is 14.6 Å². The summed E-state index contributed by atoms with van der Waals surface area (Å²) in [5.74, 6) is 0.776. The Balaban J connectivity index is 1.56. The second kappa shape index (κ2) is 6.49. The van der Waals surface area contributed by atoms with Crippen molar-refractivity contribution in [3.63, 3.8) is 0 Å². The van der Waals surface area contributed by atoms with Gasteiger partial charge in [-0.1, -0.05) is 0 Å². The molecule has 8 heteroatoms. The molecule has 2 atom stereocenters. The molecule has 0 aromatic carbocycles. The second-order valence-corrected chi connectivity index (χ2v) is 5.98. The van der Waals surface area contributed by atoms with E-state index in [4.69, 9.17) is 4.74 Å². The first kappa shape index (κ1) is 15.7. The molecule has 0 radical (unpaired) electrons. The minimum atomic E-state index is -0.137. The van der Waals surface area contributed by atoms with Crippen LogP contribution in [0.5, 0.6) is 0 Å². The molecule has 0 bridgehead atoms. The van der Waals surface area contributed by atoms with E-state index in [1.165, 1.54) is 0 Å². The molecule has 2 N–H and O–H groups in total. The number of carbonyl (C=O) groups is 1. The Kier molecular flexibility index (Phi) is 4.42. The van der Waals surface area contributed by atoms with Crippen LogP contribution in [0, 0.1) is 0 Å². The van der Waals surface area contributed by atoms with Gasteiger partial charge in [0.1, 0.15) is 12.2 Å². The van der Waals surface area contributed by atoms with Crippen LogP contribution in [0.3, 0.4) is 0 Å². The number of ether oxygens (including phenoxy) is 1. The zero-order valence-electron chi connectivity index (χ0n) is 13.7.